The Hall–Kier alpha value is -2.48. The smallest absolute Gasteiger partial charge is 0.334 e. The van der Waals surface area contributed by atoms with E-state index in [2.05, 4.69) is 5.32 Å². The molecule has 0 aliphatic rings. The van der Waals surface area contributed by atoms with E-state index >= 15 is 0 Å². The van der Waals surface area contributed by atoms with Gasteiger partial charge >= 0.3 is 5.97 Å². The van der Waals surface area contributed by atoms with E-state index < -0.39 is 18.0 Å². The van der Waals surface area contributed by atoms with Gasteiger partial charge in [-0.3, -0.25) is 4.79 Å². The number of ether oxygens (including phenoxy) is 4. The molecule has 0 saturated carbocycles. The molecule has 0 spiro atoms. The highest BCUT2D eigenvalue weighted by Crippen LogP contribution is 2.38. The summed E-state index contributed by atoms with van der Waals surface area (Å²) in [7, 11) is 5.58. The highest BCUT2D eigenvalue weighted by Gasteiger charge is 2.20. The van der Waals surface area contributed by atoms with Gasteiger partial charge in [0.2, 0.25) is 5.75 Å². The summed E-state index contributed by atoms with van der Waals surface area (Å²) >= 11 is 0. The molecule has 1 rings (SSSR count). The fourth-order valence-corrected chi connectivity index (χ4v) is 1.77. The lowest BCUT2D eigenvalue weighted by Crippen LogP contribution is -2.37. The quantitative estimate of drug-likeness (QED) is 0.722. The largest absolute Gasteiger partial charge is 0.493 e. The summed E-state index contributed by atoms with van der Waals surface area (Å²) in [6, 6.07) is 2.94. The van der Waals surface area contributed by atoms with E-state index in [-0.39, 0.29) is 12.1 Å². The number of carbonyl (C=O) groups excluding carboxylic acids is 1. The van der Waals surface area contributed by atoms with Crippen LogP contribution in [0.5, 0.6) is 17.2 Å². The molecule has 0 aliphatic heterocycles. The fourth-order valence-electron chi connectivity index (χ4n) is 1.77. The molecule has 0 aliphatic carbocycles. The predicted molar refractivity (Wildman–Crippen MR) is 76.9 cm³/mol. The number of amides is 1. The summed E-state index contributed by atoms with van der Waals surface area (Å²) in [4.78, 5) is 22.9. The maximum absolute atomic E-state index is 12.1. The molecule has 1 aromatic carbocycles. The summed E-state index contributed by atoms with van der Waals surface area (Å²) in [5, 5.41) is 11.3. The fraction of sp³-hybridized carbons (Fsp3) is 0.429. The van der Waals surface area contributed by atoms with Crippen molar-refractivity contribution in [2.24, 2.45) is 0 Å². The molecule has 22 heavy (non-hydrogen) atoms. The van der Waals surface area contributed by atoms with Gasteiger partial charge in [-0.25, -0.2) is 4.79 Å². The molecule has 1 unspecified atom stereocenters. The van der Waals surface area contributed by atoms with Gasteiger partial charge in [-0.15, -0.1) is 0 Å². The SMILES string of the molecule is COc1cc(C(=O)NCC(OC)C(=O)O)cc(OC)c1OC. The Labute approximate surface area is 127 Å². The molecule has 8 nitrogen and oxygen atoms in total. The Morgan fingerprint density at radius 1 is 1.09 bits per heavy atom. The van der Waals surface area contributed by atoms with E-state index in [1.54, 1.807) is 0 Å². The first-order valence-electron chi connectivity index (χ1n) is 6.32. The van der Waals surface area contributed by atoms with Crippen molar-refractivity contribution < 1.29 is 33.6 Å². The summed E-state index contributed by atoms with van der Waals surface area (Å²) in [5.41, 5.74) is 0.245. The number of rotatable bonds is 8. The number of hydrogen-bond acceptors (Lipinski definition) is 6. The topological polar surface area (TPSA) is 103 Å². The number of carboxylic acid groups (broad SMARTS) is 1. The third-order valence-corrected chi connectivity index (χ3v) is 2.93. The Bertz CT molecular complexity index is 519. The monoisotopic (exact) mass is 313 g/mol. The first kappa shape index (κ1) is 17.6. The second-order valence-electron chi connectivity index (χ2n) is 4.19. The van der Waals surface area contributed by atoms with Crippen LogP contribution in [0.4, 0.5) is 0 Å². The molecule has 8 heteroatoms. The van der Waals surface area contributed by atoms with Gasteiger partial charge in [0, 0.05) is 12.7 Å². The number of carboxylic acids is 1. The molecule has 2 N–H and O–H groups in total. The molecule has 0 saturated heterocycles. The van der Waals surface area contributed by atoms with Crippen LogP contribution in [0.1, 0.15) is 10.4 Å². The summed E-state index contributed by atoms with van der Waals surface area (Å²) in [6.45, 7) is -0.165. The molecule has 0 aromatic heterocycles. The minimum absolute atomic E-state index is 0.165. The van der Waals surface area contributed by atoms with Crippen molar-refractivity contribution in [3.8, 4) is 17.2 Å². The maximum Gasteiger partial charge on any atom is 0.334 e. The van der Waals surface area contributed by atoms with Gasteiger partial charge in [0.15, 0.2) is 17.6 Å². The van der Waals surface area contributed by atoms with E-state index in [0.29, 0.717) is 17.2 Å². The zero-order valence-electron chi connectivity index (χ0n) is 12.8. The van der Waals surface area contributed by atoms with E-state index in [1.165, 1.54) is 40.6 Å². The molecule has 0 heterocycles. The Morgan fingerprint density at radius 2 is 1.64 bits per heavy atom. The van der Waals surface area contributed by atoms with E-state index in [4.69, 9.17) is 24.1 Å². The van der Waals surface area contributed by atoms with E-state index in [0.717, 1.165) is 0 Å². The maximum atomic E-state index is 12.1. The summed E-state index contributed by atoms with van der Waals surface area (Å²) in [6.07, 6.45) is -1.12. The number of hydrogen-bond donors (Lipinski definition) is 2. The van der Waals surface area contributed by atoms with Crippen LogP contribution in [0.25, 0.3) is 0 Å². The van der Waals surface area contributed by atoms with Crippen LogP contribution in [0.2, 0.25) is 0 Å². The standard InChI is InChI=1S/C14H19NO7/c1-19-9-5-8(6-10(20-2)12(9)22-4)13(16)15-7-11(21-3)14(17)18/h5-6,11H,7H2,1-4H3,(H,15,16)(H,17,18). The highest BCUT2D eigenvalue weighted by molar-refractivity contribution is 5.96. The molecule has 0 bridgehead atoms. The van der Waals surface area contributed by atoms with Crippen molar-refractivity contribution in [2.45, 2.75) is 6.10 Å². The second-order valence-corrected chi connectivity index (χ2v) is 4.19. The van der Waals surface area contributed by atoms with Crippen LogP contribution in [-0.4, -0.2) is 58.1 Å². The van der Waals surface area contributed by atoms with Crippen molar-refractivity contribution >= 4 is 11.9 Å². The van der Waals surface area contributed by atoms with Crippen molar-refractivity contribution in [3.05, 3.63) is 17.7 Å². The average Bonchev–Trinajstić information content (AvgIpc) is 2.53. The minimum Gasteiger partial charge on any atom is -0.493 e. The molecule has 0 fully saturated rings. The van der Waals surface area contributed by atoms with Gasteiger partial charge in [0.05, 0.1) is 27.9 Å². The first-order chi connectivity index (χ1) is 10.5. The van der Waals surface area contributed by atoms with Crippen LogP contribution >= 0.6 is 0 Å². The van der Waals surface area contributed by atoms with Crippen LogP contribution in [-0.2, 0) is 9.53 Å². The lowest BCUT2D eigenvalue weighted by Gasteiger charge is -2.15. The van der Waals surface area contributed by atoms with E-state index in [9.17, 15) is 9.59 Å². The van der Waals surface area contributed by atoms with Crippen LogP contribution in [0.15, 0.2) is 12.1 Å². The van der Waals surface area contributed by atoms with E-state index in [1.807, 2.05) is 0 Å². The number of carbonyl (C=O) groups is 2. The Kier molecular flexibility index (Phi) is 6.46. The third kappa shape index (κ3) is 4.01. The van der Waals surface area contributed by atoms with Crippen molar-refractivity contribution in [1.82, 2.24) is 5.32 Å². The van der Waals surface area contributed by atoms with Crippen LogP contribution in [0.3, 0.4) is 0 Å². The highest BCUT2D eigenvalue weighted by atomic mass is 16.5. The zero-order valence-corrected chi connectivity index (χ0v) is 12.8. The molecule has 1 amide bonds. The molecule has 1 atom stereocenters. The number of nitrogens with one attached hydrogen (secondary N) is 1. The van der Waals surface area contributed by atoms with Gasteiger partial charge < -0.3 is 29.4 Å². The first-order valence-corrected chi connectivity index (χ1v) is 6.32. The van der Waals surface area contributed by atoms with Crippen molar-refractivity contribution in [1.29, 1.82) is 0 Å². The average molecular weight is 313 g/mol. The van der Waals surface area contributed by atoms with Crippen LogP contribution < -0.4 is 19.5 Å². The molecular weight excluding hydrogens is 294 g/mol. The van der Waals surface area contributed by atoms with Gasteiger partial charge in [0.25, 0.3) is 5.91 Å². The summed E-state index contributed by atoms with van der Waals surface area (Å²) < 4.78 is 20.2. The lowest BCUT2D eigenvalue weighted by molar-refractivity contribution is -0.148. The number of aliphatic carboxylic acids is 1. The van der Waals surface area contributed by atoms with Crippen molar-refractivity contribution in [2.75, 3.05) is 35.0 Å². The molecule has 0 radical (unpaired) electrons. The number of methoxy groups -OCH3 is 4. The Morgan fingerprint density at radius 3 is 2.00 bits per heavy atom. The van der Waals surface area contributed by atoms with Gasteiger partial charge in [-0.1, -0.05) is 0 Å². The predicted octanol–water partition coefficient (Wildman–Crippen LogP) is 0.542. The molecule has 1 aromatic rings. The zero-order chi connectivity index (χ0) is 16.7. The van der Waals surface area contributed by atoms with Gasteiger partial charge in [-0.05, 0) is 12.1 Å². The third-order valence-electron chi connectivity index (χ3n) is 2.93. The number of benzene rings is 1. The molecule has 122 valence electrons. The normalized spacial score (nSPS) is 11.5. The van der Waals surface area contributed by atoms with Gasteiger partial charge in [-0.2, -0.15) is 0 Å². The lowest BCUT2D eigenvalue weighted by atomic mass is 10.1. The van der Waals surface area contributed by atoms with Gasteiger partial charge in [0.1, 0.15) is 0 Å². The Balaban J connectivity index is 2.96. The second kappa shape index (κ2) is 8.08. The minimum atomic E-state index is -1.16. The van der Waals surface area contributed by atoms with Crippen LogP contribution in [0, 0.1) is 0 Å². The summed E-state index contributed by atoms with van der Waals surface area (Å²) in [5.74, 6) is -0.626. The molecular formula is C14H19NO7. The van der Waals surface area contributed by atoms with Crippen molar-refractivity contribution in [3.63, 3.8) is 0 Å².